The van der Waals surface area contributed by atoms with Crippen LogP contribution in [0.1, 0.15) is 30.0 Å². The molecule has 0 fully saturated rings. The fourth-order valence-corrected chi connectivity index (χ4v) is 4.39. The number of allylic oxidation sites excluding steroid dienone is 1. The van der Waals surface area contributed by atoms with Gasteiger partial charge in [0.1, 0.15) is 28.7 Å². The van der Waals surface area contributed by atoms with Crippen LogP contribution in [0.25, 0.3) is 22.1 Å². The Morgan fingerprint density at radius 2 is 1.92 bits per heavy atom. The maximum Gasteiger partial charge on any atom is 0.344 e. The predicted octanol–water partition coefficient (Wildman–Crippen LogP) is 5.17. The zero-order valence-corrected chi connectivity index (χ0v) is 19.6. The van der Waals surface area contributed by atoms with Crippen molar-refractivity contribution in [3.63, 3.8) is 0 Å². The van der Waals surface area contributed by atoms with Crippen molar-refractivity contribution >= 4 is 11.0 Å². The van der Waals surface area contributed by atoms with Gasteiger partial charge in [0.05, 0.1) is 31.1 Å². The van der Waals surface area contributed by atoms with Gasteiger partial charge in [0.25, 0.3) is 0 Å². The predicted molar refractivity (Wildman–Crippen MR) is 136 cm³/mol. The quantitative estimate of drug-likeness (QED) is 0.300. The van der Waals surface area contributed by atoms with Crippen molar-refractivity contribution in [1.82, 2.24) is 4.98 Å². The monoisotopic (exact) mass is 501 g/mol. The molecule has 0 bridgehead atoms. The van der Waals surface area contributed by atoms with E-state index in [0.29, 0.717) is 39.1 Å². The SMILES string of the molecule is C.COc1ccc2oc(=O)c3c(c2c1)OC(N)=C(C#N)C3c1ccc(OC)c(-c2cnc(F)c(C)c2)c1. The lowest BCUT2D eigenvalue weighted by Crippen LogP contribution is -2.26. The number of aryl methyl sites for hydroxylation is 1. The molecule has 0 aliphatic carbocycles. The number of hydrogen-bond acceptors (Lipinski definition) is 8. The molecule has 1 unspecified atom stereocenters. The van der Waals surface area contributed by atoms with E-state index in [-0.39, 0.29) is 35.8 Å². The Morgan fingerprint density at radius 1 is 1.14 bits per heavy atom. The van der Waals surface area contributed by atoms with Gasteiger partial charge in [-0.3, -0.25) is 0 Å². The molecule has 1 atom stereocenters. The average Bonchev–Trinajstić information content (AvgIpc) is 2.89. The molecule has 188 valence electrons. The molecule has 2 N–H and O–H groups in total. The molecule has 4 aromatic rings. The van der Waals surface area contributed by atoms with E-state index in [1.165, 1.54) is 20.4 Å². The van der Waals surface area contributed by atoms with E-state index in [4.69, 9.17) is 24.4 Å². The largest absolute Gasteiger partial charge is 0.497 e. The third-order valence-electron chi connectivity index (χ3n) is 6.16. The maximum absolute atomic E-state index is 13.8. The Balaban J connectivity index is 0.00000320. The minimum absolute atomic E-state index is 0. The number of nitrogens with zero attached hydrogens (tertiary/aromatic N) is 2. The molecule has 1 aliphatic rings. The number of halogens is 1. The molecule has 9 heteroatoms. The number of nitrogens with two attached hydrogens (primary N) is 1. The standard InChI is InChI=1S/C27H20FN3O5.CH4/c1-13-8-15(12-31-25(13)28)17-9-14(4-6-20(17)34-3)22-19(11-29)26(30)36-24-18-10-16(33-2)5-7-21(18)35-27(32)23(22)24;/h4-10,12,22H,30H2,1-3H3;1H4. The summed E-state index contributed by atoms with van der Waals surface area (Å²) in [5, 5.41) is 10.4. The first-order valence-electron chi connectivity index (χ1n) is 10.9. The molecule has 37 heavy (non-hydrogen) atoms. The van der Waals surface area contributed by atoms with Gasteiger partial charge in [-0.1, -0.05) is 13.5 Å². The van der Waals surface area contributed by atoms with Gasteiger partial charge in [-0.05, 0) is 48.9 Å². The van der Waals surface area contributed by atoms with Crippen LogP contribution in [0.5, 0.6) is 17.2 Å². The lowest BCUT2D eigenvalue weighted by atomic mass is 9.82. The molecule has 3 heterocycles. The van der Waals surface area contributed by atoms with Gasteiger partial charge < -0.3 is 24.4 Å². The van der Waals surface area contributed by atoms with Crippen LogP contribution >= 0.6 is 0 Å². The van der Waals surface area contributed by atoms with E-state index in [9.17, 15) is 14.4 Å². The second-order valence-electron chi connectivity index (χ2n) is 8.21. The summed E-state index contributed by atoms with van der Waals surface area (Å²) in [5.41, 5.74) is 8.11. The molecule has 0 saturated heterocycles. The summed E-state index contributed by atoms with van der Waals surface area (Å²) >= 11 is 0. The maximum atomic E-state index is 13.8. The van der Waals surface area contributed by atoms with Crippen molar-refractivity contribution in [2.24, 2.45) is 5.73 Å². The molecular formula is C28H24FN3O5. The van der Waals surface area contributed by atoms with Crippen LogP contribution in [-0.4, -0.2) is 19.2 Å². The average molecular weight is 502 g/mol. The molecular weight excluding hydrogens is 477 g/mol. The molecule has 0 amide bonds. The third kappa shape index (κ3) is 4.12. The van der Waals surface area contributed by atoms with Crippen LogP contribution in [0.2, 0.25) is 0 Å². The number of hydrogen-bond donors (Lipinski definition) is 1. The number of methoxy groups -OCH3 is 2. The van der Waals surface area contributed by atoms with E-state index in [2.05, 4.69) is 11.1 Å². The number of fused-ring (bicyclic) bond motifs is 3. The Kier molecular flexibility index (Phi) is 6.60. The van der Waals surface area contributed by atoms with Gasteiger partial charge in [0.2, 0.25) is 11.8 Å². The molecule has 0 saturated carbocycles. The first-order valence-corrected chi connectivity index (χ1v) is 10.9. The Morgan fingerprint density at radius 3 is 2.59 bits per heavy atom. The first kappa shape index (κ1) is 25.3. The van der Waals surface area contributed by atoms with Crippen LogP contribution in [0.4, 0.5) is 4.39 Å². The fraction of sp³-hybridized carbons (Fsp3) is 0.179. The van der Waals surface area contributed by atoms with Gasteiger partial charge in [-0.25, -0.2) is 9.78 Å². The third-order valence-corrected chi connectivity index (χ3v) is 6.16. The highest BCUT2D eigenvalue weighted by molar-refractivity contribution is 5.87. The highest BCUT2D eigenvalue weighted by Crippen LogP contribution is 2.45. The molecule has 0 spiro atoms. The van der Waals surface area contributed by atoms with Crippen LogP contribution < -0.4 is 25.6 Å². The van der Waals surface area contributed by atoms with Crippen LogP contribution in [0, 0.1) is 24.2 Å². The topological polar surface area (TPSA) is 121 Å². The highest BCUT2D eigenvalue weighted by atomic mass is 19.1. The van der Waals surface area contributed by atoms with Crippen LogP contribution in [0.15, 0.2) is 69.3 Å². The van der Waals surface area contributed by atoms with E-state index in [0.717, 1.165) is 0 Å². The molecule has 2 aromatic heterocycles. The normalized spacial score (nSPS) is 14.3. The molecule has 0 radical (unpaired) electrons. The number of benzene rings is 2. The zero-order valence-electron chi connectivity index (χ0n) is 19.6. The smallest absolute Gasteiger partial charge is 0.344 e. The lowest BCUT2D eigenvalue weighted by Gasteiger charge is -2.26. The van der Waals surface area contributed by atoms with E-state index >= 15 is 0 Å². The Bertz CT molecular complexity index is 1670. The number of aromatic nitrogens is 1. The molecule has 8 nitrogen and oxygen atoms in total. The molecule has 2 aromatic carbocycles. The van der Waals surface area contributed by atoms with Crippen molar-refractivity contribution in [3.8, 4) is 34.4 Å². The summed E-state index contributed by atoms with van der Waals surface area (Å²) in [6.45, 7) is 1.61. The number of pyridine rings is 1. The Labute approximate surface area is 212 Å². The van der Waals surface area contributed by atoms with E-state index < -0.39 is 17.5 Å². The van der Waals surface area contributed by atoms with Crippen molar-refractivity contribution < 1.29 is 23.0 Å². The summed E-state index contributed by atoms with van der Waals surface area (Å²) in [6, 6.07) is 13.8. The van der Waals surface area contributed by atoms with Gasteiger partial charge >= 0.3 is 5.63 Å². The number of nitriles is 1. The second-order valence-corrected chi connectivity index (χ2v) is 8.21. The number of ether oxygens (including phenoxy) is 3. The van der Waals surface area contributed by atoms with Crippen molar-refractivity contribution in [3.05, 3.63) is 93.2 Å². The van der Waals surface area contributed by atoms with Gasteiger partial charge in [0, 0.05) is 22.9 Å². The highest BCUT2D eigenvalue weighted by Gasteiger charge is 2.36. The van der Waals surface area contributed by atoms with Crippen molar-refractivity contribution in [2.45, 2.75) is 20.3 Å². The minimum atomic E-state index is -0.884. The lowest BCUT2D eigenvalue weighted by molar-refractivity contribution is 0.386. The summed E-state index contributed by atoms with van der Waals surface area (Å²) in [5.74, 6) is -0.359. The molecule has 1 aliphatic heterocycles. The first-order chi connectivity index (χ1) is 17.4. The van der Waals surface area contributed by atoms with Gasteiger partial charge in [0.15, 0.2) is 5.75 Å². The van der Waals surface area contributed by atoms with E-state index in [1.807, 2.05) is 0 Å². The summed E-state index contributed by atoms with van der Waals surface area (Å²) in [4.78, 5) is 17.0. The van der Waals surface area contributed by atoms with Crippen LogP contribution in [0.3, 0.4) is 0 Å². The van der Waals surface area contributed by atoms with E-state index in [1.54, 1.807) is 49.4 Å². The van der Waals surface area contributed by atoms with Gasteiger partial charge in [-0.15, -0.1) is 0 Å². The van der Waals surface area contributed by atoms with Crippen LogP contribution in [-0.2, 0) is 0 Å². The van der Waals surface area contributed by atoms with Crippen molar-refractivity contribution in [1.29, 1.82) is 5.26 Å². The number of rotatable bonds is 4. The molecule has 5 rings (SSSR count). The summed E-state index contributed by atoms with van der Waals surface area (Å²) < 4.78 is 36.1. The summed E-state index contributed by atoms with van der Waals surface area (Å²) in [6.07, 6.45) is 1.39. The van der Waals surface area contributed by atoms with Crippen molar-refractivity contribution in [2.75, 3.05) is 14.2 Å². The summed E-state index contributed by atoms with van der Waals surface area (Å²) in [7, 11) is 3.03. The fourth-order valence-electron chi connectivity index (χ4n) is 4.39. The Hall–Kier alpha value is -4.84. The second kappa shape index (κ2) is 9.66. The minimum Gasteiger partial charge on any atom is -0.497 e. The van der Waals surface area contributed by atoms with Gasteiger partial charge in [-0.2, -0.15) is 9.65 Å². The zero-order chi connectivity index (χ0) is 25.6.